The first-order chi connectivity index (χ1) is 13.2. The summed E-state index contributed by atoms with van der Waals surface area (Å²) in [5, 5.41) is 16.5. The third-order valence-corrected chi connectivity index (χ3v) is 7.22. The van der Waals surface area contributed by atoms with Crippen molar-refractivity contribution < 1.29 is 9.53 Å². The molecule has 0 saturated heterocycles. The fourth-order valence-electron chi connectivity index (χ4n) is 6.36. The molecule has 4 bridgehead atoms. The highest BCUT2D eigenvalue weighted by molar-refractivity contribution is 5.93. The Morgan fingerprint density at radius 1 is 1.15 bits per heavy atom. The van der Waals surface area contributed by atoms with E-state index in [1.807, 2.05) is 25.2 Å². The van der Waals surface area contributed by atoms with Crippen LogP contribution in [0.3, 0.4) is 0 Å². The van der Waals surface area contributed by atoms with Crippen molar-refractivity contribution in [2.45, 2.75) is 37.6 Å². The summed E-state index contributed by atoms with van der Waals surface area (Å²) in [4.78, 5) is 12.3. The molecule has 7 heteroatoms. The molecule has 0 atom stereocenters. The fourth-order valence-corrected chi connectivity index (χ4v) is 6.36. The van der Waals surface area contributed by atoms with E-state index in [9.17, 15) is 4.79 Å². The van der Waals surface area contributed by atoms with Crippen molar-refractivity contribution >= 4 is 5.97 Å². The van der Waals surface area contributed by atoms with Crippen LogP contribution >= 0.6 is 0 Å². The Morgan fingerprint density at radius 3 is 2.44 bits per heavy atom. The third kappa shape index (κ3) is 2.30. The standard InChI is InChI=1S/C20H25N5O2/c1-21-20(14-8-12-7-13(10-14)11-15(20)9-12)19-22-23-24-25(19)17-6-4-3-5-16(17)18(26)27-2/h3-6,12-15,21H,7-11H2,1-2H3. The zero-order chi connectivity index (χ0) is 18.6. The van der Waals surface area contributed by atoms with Gasteiger partial charge in [0.05, 0.1) is 23.9 Å². The average molecular weight is 367 g/mol. The van der Waals surface area contributed by atoms with E-state index < -0.39 is 0 Å². The molecular formula is C20H25N5O2. The number of tetrazole rings is 1. The van der Waals surface area contributed by atoms with E-state index in [1.165, 1.54) is 39.2 Å². The van der Waals surface area contributed by atoms with Gasteiger partial charge in [0.2, 0.25) is 0 Å². The molecule has 0 amide bonds. The Morgan fingerprint density at radius 2 is 1.81 bits per heavy atom. The Bertz CT molecular complexity index is 849. The van der Waals surface area contributed by atoms with Gasteiger partial charge in [-0.1, -0.05) is 12.1 Å². The van der Waals surface area contributed by atoms with Crippen LogP contribution in [0.2, 0.25) is 0 Å². The largest absolute Gasteiger partial charge is 0.465 e. The van der Waals surface area contributed by atoms with Crippen LogP contribution in [0.1, 0.15) is 48.3 Å². The number of hydrogen-bond acceptors (Lipinski definition) is 6. The van der Waals surface area contributed by atoms with Gasteiger partial charge in [-0.15, -0.1) is 5.10 Å². The number of carbonyl (C=O) groups excluding carboxylic acids is 1. The number of benzene rings is 1. The number of nitrogens with one attached hydrogen (secondary N) is 1. The molecule has 4 saturated carbocycles. The van der Waals surface area contributed by atoms with Crippen molar-refractivity contribution in [1.29, 1.82) is 0 Å². The zero-order valence-corrected chi connectivity index (χ0v) is 15.8. The molecule has 1 aromatic heterocycles. The molecule has 4 aliphatic rings. The lowest BCUT2D eigenvalue weighted by Crippen LogP contribution is -2.62. The minimum absolute atomic E-state index is 0.236. The van der Waals surface area contributed by atoms with Gasteiger partial charge in [0.15, 0.2) is 5.82 Å². The first kappa shape index (κ1) is 16.9. The topological polar surface area (TPSA) is 81.9 Å². The van der Waals surface area contributed by atoms with Crippen LogP contribution in [-0.2, 0) is 10.3 Å². The summed E-state index contributed by atoms with van der Waals surface area (Å²) in [7, 11) is 3.43. The number of aromatic nitrogens is 4. The summed E-state index contributed by atoms with van der Waals surface area (Å²) in [5.74, 6) is 3.22. The van der Waals surface area contributed by atoms with Gasteiger partial charge in [-0.3, -0.25) is 0 Å². The molecule has 1 aromatic carbocycles. The monoisotopic (exact) mass is 367 g/mol. The molecule has 2 aromatic rings. The van der Waals surface area contributed by atoms with Crippen LogP contribution in [0.25, 0.3) is 5.69 Å². The number of carbonyl (C=O) groups is 1. The predicted molar refractivity (Wildman–Crippen MR) is 98.3 cm³/mol. The van der Waals surface area contributed by atoms with Gasteiger partial charge in [0, 0.05) is 0 Å². The summed E-state index contributed by atoms with van der Waals surface area (Å²) < 4.78 is 6.72. The zero-order valence-electron chi connectivity index (χ0n) is 15.8. The Kier molecular flexibility index (Phi) is 3.82. The number of ether oxygens (including phenoxy) is 1. The van der Waals surface area contributed by atoms with Crippen molar-refractivity contribution in [2.24, 2.45) is 23.7 Å². The number of para-hydroxylation sites is 1. The van der Waals surface area contributed by atoms with Gasteiger partial charge in [-0.2, -0.15) is 4.68 Å². The molecule has 6 rings (SSSR count). The van der Waals surface area contributed by atoms with Crippen molar-refractivity contribution in [1.82, 2.24) is 25.5 Å². The van der Waals surface area contributed by atoms with E-state index in [2.05, 4.69) is 20.8 Å². The third-order valence-electron chi connectivity index (χ3n) is 7.22. The maximum Gasteiger partial charge on any atom is 0.340 e. The Labute approximate surface area is 158 Å². The molecule has 0 radical (unpaired) electrons. The molecule has 1 N–H and O–H groups in total. The first-order valence-electron chi connectivity index (χ1n) is 9.82. The minimum Gasteiger partial charge on any atom is -0.465 e. The lowest BCUT2D eigenvalue weighted by Gasteiger charge is -2.60. The summed E-state index contributed by atoms with van der Waals surface area (Å²) in [6.45, 7) is 0. The SMILES string of the molecule is CNC1(c2nnnn2-c2ccccc2C(=O)OC)C2CC3CC(C2)CC1C3. The Hall–Kier alpha value is -2.28. The summed E-state index contributed by atoms with van der Waals surface area (Å²) >= 11 is 0. The number of esters is 1. The molecule has 4 fully saturated rings. The highest BCUT2D eigenvalue weighted by Crippen LogP contribution is 2.61. The van der Waals surface area contributed by atoms with Gasteiger partial charge in [0.1, 0.15) is 0 Å². The molecular weight excluding hydrogens is 342 g/mol. The number of methoxy groups -OCH3 is 1. The second-order valence-corrected chi connectivity index (χ2v) is 8.35. The fraction of sp³-hybridized carbons (Fsp3) is 0.600. The molecule has 7 nitrogen and oxygen atoms in total. The number of hydrogen-bond donors (Lipinski definition) is 1. The van der Waals surface area contributed by atoms with E-state index in [4.69, 9.17) is 4.74 Å². The summed E-state index contributed by atoms with van der Waals surface area (Å²) in [6.07, 6.45) is 6.33. The maximum absolute atomic E-state index is 12.3. The quantitative estimate of drug-likeness (QED) is 0.835. The lowest BCUT2D eigenvalue weighted by molar-refractivity contribution is -0.0795. The van der Waals surface area contributed by atoms with Crippen LogP contribution in [0.15, 0.2) is 24.3 Å². The van der Waals surface area contributed by atoms with Crippen molar-refractivity contribution in [3.8, 4) is 5.69 Å². The predicted octanol–water partition coefficient (Wildman–Crippen LogP) is 2.32. The van der Waals surface area contributed by atoms with E-state index in [1.54, 1.807) is 10.7 Å². The lowest BCUT2D eigenvalue weighted by atomic mass is 9.48. The maximum atomic E-state index is 12.3. The van der Waals surface area contributed by atoms with Gasteiger partial charge in [-0.25, -0.2) is 4.79 Å². The summed E-state index contributed by atoms with van der Waals surface area (Å²) in [6, 6.07) is 7.37. The van der Waals surface area contributed by atoms with Crippen LogP contribution in [0, 0.1) is 23.7 Å². The van der Waals surface area contributed by atoms with Gasteiger partial charge < -0.3 is 10.1 Å². The smallest absolute Gasteiger partial charge is 0.340 e. The molecule has 142 valence electrons. The summed E-state index contributed by atoms with van der Waals surface area (Å²) in [5.41, 5.74) is 0.913. The minimum atomic E-state index is -0.379. The highest BCUT2D eigenvalue weighted by atomic mass is 16.5. The highest BCUT2D eigenvalue weighted by Gasteiger charge is 2.59. The molecule has 27 heavy (non-hydrogen) atoms. The molecule has 1 heterocycles. The van der Waals surface area contributed by atoms with Crippen LogP contribution in [-0.4, -0.2) is 40.3 Å². The van der Waals surface area contributed by atoms with Crippen LogP contribution in [0.4, 0.5) is 0 Å². The molecule has 0 aliphatic heterocycles. The van der Waals surface area contributed by atoms with Gasteiger partial charge >= 0.3 is 5.97 Å². The molecule has 4 aliphatic carbocycles. The normalized spacial score (nSPS) is 34.0. The van der Waals surface area contributed by atoms with E-state index >= 15 is 0 Å². The van der Waals surface area contributed by atoms with Gasteiger partial charge in [-0.05, 0) is 85.4 Å². The van der Waals surface area contributed by atoms with Crippen LogP contribution < -0.4 is 5.32 Å². The molecule has 0 unspecified atom stereocenters. The van der Waals surface area contributed by atoms with Crippen molar-refractivity contribution in [2.75, 3.05) is 14.2 Å². The van der Waals surface area contributed by atoms with Crippen molar-refractivity contribution in [3.05, 3.63) is 35.7 Å². The van der Waals surface area contributed by atoms with E-state index in [-0.39, 0.29) is 11.5 Å². The second-order valence-electron chi connectivity index (χ2n) is 8.35. The number of rotatable bonds is 4. The number of nitrogens with zero attached hydrogens (tertiary/aromatic N) is 4. The average Bonchev–Trinajstić information content (AvgIpc) is 3.17. The Balaban J connectivity index is 1.65. The molecule has 0 spiro atoms. The van der Waals surface area contributed by atoms with Crippen LogP contribution in [0.5, 0.6) is 0 Å². The van der Waals surface area contributed by atoms with E-state index in [0.717, 1.165) is 17.7 Å². The first-order valence-corrected chi connectivity index (χ1v) is 9.82. The van der Waals surface area contributed by atoms with Gasteiger partial charge in [0.25, 0.3) is 0 Å². The second kappa shape index (κ2) is 6.12. The van der Waals surface area contributed by atoms with Crippen molar-refractivity contribution in [3.63, 3.8) is 0 Å². The van der Waals surface area contributed by atoms with E-state index in [0.29, 0.717) is 23.1 Å².